The lowest BCUT2D eigenvalue weighted by Gasteiger charge is -2.31. The normalized spacial score (nSPS) is 19.5. The molecule has 1 aromatic heterocycles. The summed E-state index contributed by atoms with van der Waals surface area (Å²) in [6, 6.07) is 3.10. The van der Waals surface area contributed by atoms with Gasteiger partial charge in [-0.25, -0.2) is 4.98 Å². The van der Waals surface area contributed by atoms with E-state index in [1.54, 1.807) is 19.1 Å². The number of aromatic nitrogens is 2. The highest BCUT2D eigenvalue weighted by Gasteiger charge is 2.29. The Morgan fingerprint density at radius 1 is 1.39 bits per heavy atom. The van der Waals surface area contributed by atoms with E-state index >= 15 is 0 Å². The third-order valence-corrected chi connectivity index (χ3v) is 5.40. The van der Waals surface area contributed by atoms with Crippen LogP contribution in [0.4, 0.5) is 0 Å². The van der Waals surface area contributed by atoms with E-state index in [0.717, 1.165) is 24.9 Å². The molecule has 7 nitrogen and oxygen atoms in total. The summed E-state index contributed by atoms with van der Waals surface area (Å²) in [5.41, 5.74) is 1.09. The highest BCUT2D eigenvalue weighted by Crippen LogP contribution is 2.20. The maximum absolute atomic E-state index is 12.7. The van der Waals surface area contributed by atoms with Crippen molar-refractivity contribution in [2.75, 3.05) is 6.54 Å². The van der Waals surface area contributed by atoms with E-state index in [2.05, 4.69) is 10.3 Å². The van der Waals surface area contributed by atoms with Gasteiger partial charge in [-0.2, -0.15) is 0 Å². The predicted molar refractivity (Wildman–Crippen MR) is 107 cm³/mol. The zero-order valence-electron chi connectivity index (χ0n) is 16.0. The monoisotopic (exact) mass is 405 g/mol. The maximum atomic E-state index is 12.7. The van der Waals surface area contributed by atoms with Gasteiger partial charge < -0.3 is 10.1 Å². The van der Waals surface area contributed by atoms with E-state index in [0.29, 0.717) is 22.3 Å². The number of benzene rings is 1. The van der Waals surface area contributed by atoms with Crippen LogP contribution in [0, 0.1) is 6.92 Å². The van der Waals surface area contributed by atoms with E-state index < -0.39 is 0 Å². The van der Waals surface area contributed by atoms with Crippen molar-refractivity contribution >= 4 is 34.3 Å². The number of halogens is 1. The molecule has 0 radical (unpaired) electrons. The number of Topliss-reactive ketones (excluding diaryl/α,β-unsaturated/α-hetero) is 1. The smallest absolute Gasteiger partial charge is 0.305 e. The van der Waals surface area contributed by atoms with Gasteiger partial charge in [0.1, 0.15) is 6.10 Å². The lowest BCUT2D eigenvalue weighted by atomic mass is 9.96. The van der Waals surface area contributed by atoms with Gasteiger partial charge in [0.25, 0.3) is 5.56 Å². The van der Waals surface area contributed by atoms with E-state index in [1.807, 2.05) is 6.92 Å². The number of carbonyl (C=O) groups is 2. The molecule has 2 atom stereocenters. The molecule has 0 spiro atoms. The molecule has 2 unspecified atom stereocenters. The molecule has 1 saturated heterocycles. The van der Waals surface area contributed by atoms with Crippen LogP contribution in [0.15, 0.2) is 23.3 Å². The molecule has 2 heterocycles. The molecule has 1 aliphatic heterocycles. The Labute approximate surface area is 168 Å². The summed E-state index contributed by atoms with van der Waals surface area (Å²) < 4.78 is 6.76. The first-order valence-electron chi connectivity index (χ1n) is 9.49. The lowest BCUT2D eigenvalue weighted by molar-refractivity contribution is -0.152. The van der Waals surface area contributed by atoms with Crippen LogP contribution in [0.25, 0.3) is 10.9 Å². The molecule has 3 rings (SSSR count). The Hall–Kier alpha value is -2.25. The van der Waals surface area contributed by atoms with Gasteiger partial charge in [0.15, 0.2) is 5.78 Å². The zero-order chi connectivity index (χ0) is 20.3. The summed E-state index contributed by atoms with van der Waals surface area (Å²) in [5, 5.41) is 4.13. The number of hydrogen-bond acceptors (Lipinski definition) is 6. The van der Waals surface area contributed by atoms with Crippen LogP contribution in [-0.2, 0) is 20.9 Å². The molecule has 2 aromatic rings. The summed E-state index contributed by atoms with van der Waals surface area (Å²) in [6.07, 6.45) is 3.17. The Kier molecular flexibility index (Phi) is 6.46. The summed E-state index contributed by atoms with van der Waals surface area (Å²) in [7, 11) is 0. The molecule has 1 aromatic carbocycles. The fourth-order valence-electron chi connectivity index (χ4n) is 3.42. The summed E-state index contributed by atoms with van der Waals surface area (Å²) in [4.78, 5) is 41.2. The number of hydrogen-bond donors (Lipinski definition) is 1. The molecule has 150 valence electrons. The number of ether oxygens (including phenoxy) is 1. The molecule has 1 aliphatic rings. The first kappa shape index (κ1) is 20.5. The van der Waals surface area contributed by atoms with Gasteiger partial charge in [-0.1, -0.05) is 18.5 Å². The molecule has 0 bridgehead atoms. The van der Waals surface area contributed by atoms with E-state index in [1.165, 1.54) is 10.9 Å². The van der Waals surface area contributed by atoms with Gasteiger partial charge in [0.05, 0.1) is 29.8 Å². The van der Waals surface area contributed by atoms with Gasteiger partial charge in [0.2, 0.25) is 0 Å². The van der Waals surface area contributed by atoms with Crippen molar-refractivity contribution in [1.82, 2.24) is 14.9 Å². The second-order valence-electron chi connectivity index (χ2n) is 7.12. The standard InChI is InChI=1S/C20H24ClN3O4/c1-3-19(26)28-18-5-4-6-22-17(18)8-13(25)10-24-11-23-16-7-12(2)15(21)9-14(16)20(24)27/h7,9,11,17-18,22H,3-6,8,10H2,1-2H3. The topological polar surface area (TPSA) is 90.3 Å². The fraction of sp³-hybridized carbons (Fsp3) is 0.500. The summed E-state index contributed by atoms with van der Waals surface area (Å²) in [6.45, 7) is 4.27. The van der Waals surface area contributed by atoms with Crippen LogP contribution in [-0.4, -0.2) is 40.0 Å². The number of rotatable bonds is 6. The lowest BCUT2D eigenvalue weighted by Crippen LogP contribution is -2.48. The third-order valence-electron chi connectivity index (χ3n) is 4.99. The summed E-state index contributed by atoms with van der Waals surface area (Å²) in [5.74, 6) is -0.397. The maximum Gasteiger partial charge on any atom is 0.305 e. The van der Waals surface area contributed by atoms with Crippen molar-refractivity contribution in [3.05, 3.63) is 39.4 Å². The Morgan fingerprint density at radius 3 is 2.93 bits per heavy atom. The minimum Gasteiger partial charge on any atom is -0.461 e. The van der Waals surface area contributed by atoms with E-state index in [9.17, 15) is 14.4 Å². The third kappa shape index (κ3) is 4.59. The first-order chi connectivity index (χ1) is 13.4. The van der Waals surface area contributed by atoms with Crippen molar-refractivity contribution < 1.29 is 14.3 Å². The number of nitrogens with zero attached hydrogens (tertiary/aromatic N) is 2. The number of ketones is 1. The van der Waals surface area contributed by atoms with Crippen molar-refractivity contribution in [3.63, 3.8) is 0 Å². The van der Waals surface area contributed by atoms with Gasteiger partial charge in [-0.3, -0.25) is 19.0 Å². The Morgan fingerprint density at radius 2 is 2.18 bits per heavy atom. The van der Waals surface area contributed by atoms with Crippen LogP contribution in [0.5, 0.6) is 0 Å². The van der Waals surface area contributed by atoms with Gasteiger partial charge in [-0.15, -0.1) is 0 Å². The number of carbonyl (C=O) groups excluding carboxylic acids is 2. The number of nitrogens with one attached hydrogen (secondary N) is 1. The fourth-order valence-corrected chi connectivity index (χ4v) is 3.58. The number of piperidine rings is 1. The highest BCUT2D eigenvalue weighted by molar-refractivity contribution is 6.32. The minimum absolute atomic E-state index is 0.0834. The molecule has 0 saturated carbocycles. The van der Waals surface area contributed by atoms with Crippen LogP contribution in [0.3, 0.4) is 0 Å². The van der Waals surface area contributed by atoms with Gasteiger partial charge >= 0.3 is 5.97 Å². The largest absolute Gasteiger partial charge is 0.461 e. The average molecular weight is 406 g/mol. The van der Waals surface area contributed by atoms with Crippen molar-refractivity contribution in [2.24, 2.45) is 0 Å². The molecule has 28 heavy (non-hydrogen) atoms. The molecule has 8 heteroatoms. The summed E-state index contributed by atoms with van der Waals surface area (Å²) >= 11 is 6.12. The second-order valence-corrected chi connectivity index (χ2v) is 7.53. The number of aryl methyl sites for hydroxylation is 1. The molecule has 0 aliphatic carbocycles. The number of esters is 1. The Balaban J connectivity index is 1.73. The minimum atomic E-state index is -0.321. The molecule has 0 amide bonds. The van der Waals surface area contributed by atoms with Crippen molar-refractivity contribution in [1.29, 1.82) is 0 Å². The Bertz CT molecular complexity index is 956. The zero-order valence-corrected chi connectivity index (χ0v) is 16.8. The molecular formula is C20H24ClN3O4. The number of fused-ring (bicyclic) bond motifs is 1. The SMILES string of the molecule is CCC(=O)OC1CCCNC1CC(=O)Cn1cnc2cc(C)c(Cl)cc2c1=O. The molecule has 1 N–H and O–H groups in total. The van der Waals surface area contributed by atoms with E-state index in [-0.39, 0.29) is 42.4 Å². The second kappa shape index (κ2) is 8.84. The van der Waals surface area contributed by atoms with Gasteiger partial charge in [0, 0.05) is 17.9 Å². The van der Waals surface area contributed by atoms with Crippen LogP contribution < -0.4 is 10.9 Å². The first-order valence-corrected chi connectivity index (χ1v) is 9.86. The van der Waals surface area contributed by atoms with Crippen molar-refractivity contribution in [2.45, 2.75) is 58.2 Å². The van der Waals surface area contributed by atoms with Gasteiger partial charge in [-0.05, 0) is 44.0 Å². The highest BCUT2D eigenvalue weighted by atomic mass is 35.5. The average Bonchev–Trinajstić information content (AvgIpc) is 2.67. The predicted octanol–water partition coefficient (Wildman–Crippen LogP) is 2.39. The quantitative estimate of drug-likeness (QED) is 0.742. The van der Waals surface area contributed by atoms with Crippen LogP contribution in [0.1, 0.15) is 38.2 Å². The molecular weight excluding hydrogens is 382 g/mol. The van der Waals surface area contributed by atoms with Crippen LogP contribution in [0.2, 0.25) is 5.02 Å². The van der Waals surface area contributed by atoms with Crippen molar-refractivity contribution in [3.8, 4) is 0 Å². The van der Waals surface area contributed by atoms with E-state index in [4.69, 9.17) is 16.3 Å². The van der Waals surface area contributed by atoms with Crippen LogP contribution >= 0.6 is 11.6 Å². The molecule has 1 fully saturated rings.